The minimum atomic E-state index is -0.00438. The van der Waals surface area contributed by atoms with Crippen LogP contribution in [0.15, 0.2) is 18.2 Å². The Morgan fingerprint density at radius 3 is 2.92 bits per heavy atom. The largest absolute Gasteiger partial charge is 0.478 e. The van der Waals surface area contributed by atoms with Gasteiger partial charge in [-0.1, -0.05) is 12.1 Å². The molecule has 1 N–H and O–H groups in total. The van der Waals surface area contributed by atoms with Gasteiger partial charge in [0.05, 0.1) is 6.61 Å². The minimum Gasteiger partial charge on any atom is -0.478 e. The molecule has 0 atom stereocenters. The van der Waals surface area contributed by atoms with Gasteiger partial charge in [0, 0.05) is 0 Å². The summed E-state index contributed by atoms with van der Waals surface area (Å²) in [4.78, 5) is 0. The number of nitrogens with zero attached hydrogens (tertiary/aromatic N) is 1. The van der Waals surface area contributed by atoms with E-state index in [0.717, 1.165) is 11.1 Å². The molecule has 3 heteroatoms. The van der Waals surface area contributed by atoms with Crippen LogP contribution in [0.3, 0.4) is 0 Å². The van der Waals surface area contributed by atoms with Crippen LogP contribution in [-0.4, -0.2) is 11.7 Å². The molecule has 1 aromatic carbocycles. The monoisotopic (exact) mass is 177 g/mol. The first-order valence-corrected chi connectivity index (χ1v) is 3.98. The maximum atomic E-state index is 8.95. The first kappa shape index (κ1) is 9.56. The SMILES string of the molecule is Cc1c(CO)cccc1OCC#N. The van der Waals surface area contributed by atoms with Crippen molar-refractivity contribution in [2.75, 3.05) is 6.61 Å². The lowest BCUT2D eigenvalue weighted by atomic mass is 10.1. The van der Waals surface area contributed by atoms with E-state index in [0.29, 0.717) is 5.75 Å². The maximum Gasteiger partial charge on any atom is 0.174 e. The van der Waals surface area contributed by atoms with Crippen molar-refractivity contribution in [1.82, 2.24) is 0 Å². The molecule has 0 aromatic heterocycles. The number of aliphatic hydroxyl groups is 1. The lowest BCUT2D eigenvalue weighted by molar-refractivity contribution is 0.279. The van der Waals surface area contributed by atoms with Gasteiger partial charge in [-0.3, -0.25) is 0 Å². The molecule has 13 heavy (non-hydrogen) atoms. The zero-order valence-corrected chi connectivity index (χ0v) is 7.45. The minimum absolute atomic E-state index is 0.00438. The van der Waals surface area contributed by atoms with E-state index in [-0.39, 0.29) is 13.2 Å². The fourth-order valence-electron chi connectivity index (χ4n) is 1.10. The second-order valence-corrected chi connectivity index (χ2v) is 2.65. The highest BCUT2D eigenvalue weighted by molar-refractivity contribution is 5.38. The molecule has 68 valence electrons. The first-order valence-electron chi connectivity index (χ1n) is 3.98. The number of ether oxygens (including phenoxy) is 1. The van der Waals surface area contributed by atoms with E-state index in [1.54, 1.807) is 12.1 Å². The molecule has 0 fully saturated rings. The summed E-state index contributed by atoms with van der Waals surface area (Å²) in [5, 5.41) is 17.3. The van der Waals surface area contributed by atoms with Crippen molar-refractivity contribution < 1.29 is 9.84 Å². The molecule has 1 aromatic rings. The number of hydrogen-bond acceptors (Lipinski definition) is 3. The summed E-state index contributed by atoms with van der Waals surface area (Å²) in [6.07, 6.45) is 0. The van der Waals surface area contributed by atoms with Crippen molar-refractivity contribution in [3.05, 3.63) is 29.3 Å². The van der Waals surface area contributed by atoms with Crippen LogP contribution in [0, 0.1) is 18.3 Å². The molecular weight excluding hydrogens is 166 g/mol. The normalized spacial score (nSPS) is 9.31. The summed E-state index contributed by atoms with van der Waals surface area (Å²) in [6, 6.07) is 7.30. The van der Waals surface area contributed by atoms with Gasteiger partial charge in [0.25, 0.3) is 0 Å². The summed E-state index contributed by atoms with van der Waals surface area (Å²) >= 11 is 0. The molecule has 3 nitrogen and oxygen atoms in total. The average Bonchev–Trinajstić information content (AvgIpc) is 2.16. The van der Waals surface area contributed by atoms with Crippen LogP contribution in [-0.2, 0) is 6.61 Å². The topological polar surface area (TPSA) is 53.2 Å². The number of aliphatic hydroxyl groups excluding tert-OH is 1. The predicted molar refractivity (Wildman–Crippen MR) is 48.2 cm³/mol. The summed E-state index contributed by atoms with van der Waals surface area (Å²) in [7, 11) is 0. The van der Waals surface area contributed by atoms with Crippen molar-refractivity contribution in [3.63, 3.8) is 0 Å². The van der Waals surface area contributed by atoms with Crippen molar-refractivity contribution in [3.8, 4) is 11.8 Å². The highest BCUT2D eigenvalue weighted by Crippen LogP contribution is 2.20. The van der Waals surface area contributed by atoms with E-state index in [2.05, 4.69) is 0 Å². The molecule has 0 saturated carbocycles. The van der Waals surface area contributed by atoms with Gasteiger partial charge in [0.2, 0.25) is 0 Å². The third-order valence-corrected chi connectivity index (χ3v) is 1.86. The van der Waals surface area contributed by atoms with Gasteiger partial charge in [-0.15, -0.1) is 0 Å². The highest BCUT2D eigenvalue weighted by atomic mass is 16.5. The zero-order valence-electron chi connectivity index (χ0n) is 7.45. The fraction of sp³-hybridized carbons (Fsp3) is 0.300. The first-order chi connectivity index (χ1) is 6.29. The van der Waals surface area contributed by atoms with E-state index in [4.69, 9.17) is 15.1 Å². The smallest absolute Gasteiger partial charge is 0.174 e. The van der Waals surface area contributed by atoms with Gasteiger partial charge in [-0.25, -0.2) is 0 Å². The lowest BCUT2D eigenvalue weighted by Crippen LogP contribution is -1.98. The van der Waals surface area contributed by atoms with E-state index in [9.17, 15) is 0 Å². The molecule has 0 bridgehead atoms. The number of hydrogen-bond donors (Lipinski definition) is 1. The van der Waals surface area contributed by atoms with Crippen molar-refractivity contribution in [1.29, 1.82) is 5.26 Å². The van der Waals surface area contributed by atoms with Crippen LogP contribution in [0.2, 0.25) is 0 Å². The molecule has 0 heterocycles. The summed E-state index contributed by atoms with van der Waals surface area (Å²) in [5.41, 5.74) is 1.72. The van der Waals surface area contributed by atoms with Crippen LogP contribution >= 0.6 is 0 Å². The van der Waals surface area contributed by atoms with Crippen LogP contribution in [0.5, 0.6) is 5.75 Å². The molecule has 0 unspecified atom stereocenters. The second kappa shape index (κ2) is 4.48. The van der Waals surface area contributed by atoms with Crippen molar-refractivity contribution >= 4 is 0 Å². The van der Waals surface area contributed by atoms with E-state index >= 15 is 0 Å². The highest BCUT2D eigenvalue weighted by Gasteiger charge is 2.02. The molecule has 0 aliphatic carbocycles. The molecule has 0 aliphatic rings. The third-order valence-electron chi connectivity index (χ3n) is 1.86. The molecule has 1 rings (SSSR count). The van der Waals surface area contributed by atoms with Crippen molar-refractivity contribution in [2.24, 2.45) is 0 Å². The standard InChI is InChI=1S/C10H11NO2/c1-8-9(7-12)3-2-4-10(8)13-6-5-11/h2-4,12H,6-7H2,1H3. The fourth-order valence-corrected chi connectivity index (χ4v) is 1.10. The molecule has 0 radical (unpaired) electrons. The summed E-state index contributed by atoms with van der Waals surface area (Å²) in [5.74, 6) is 0.660. The Hall–Kier alpha value is -1.53. The van der Waals surface area contributed by atoms with Gasteiger partial charge in [0.1, 0.15) is 11.8 Å². The number of benzene rings is 1. The lowest BCUT2D eigenvalue weighted by Gasteiger charge is -2.08. The molecule has 0 aliphatic heterocycles. The number of nitriles is 1. The Balaban J connectivity index is 2.89. The maximum absolute atomic E-state index is 8.95. The van der Waals surface area contributed by atoms with E-state index in [1.165, 1.54) is 0 Å². The van der Waals surface area contributed by atoms with Gasteiger partial charge in [-0.05, 0) is 24.1 Å². The van der Waals surface area contributed by atoms with Crippen LogP contribution in [0.1, 0.15) is 11.1 Å². The third kappa shape index (κ3) is 2.20. The Morgan fingerprint density at radius 2 is 2.31 bits per heavy atom. The van der Waals surface area contributed by atoms with Gasteiger partial charge < -0.3 is 9.84 Å². The number of rotatable bonds is 3. The Labute approximate surface area is 77.2 Å². The summed E-state index contributed by atoms with van der Waals surface area (Å²) < 4.78 is 5.16. The average molecular weight is 177 g/mol. The van der Waals surface area contributed by atoms with Crippen LogP contribution < -0.4 is 4.74 Å². The molecular formula is C10H11NO2. The zero-order chi connectivity index (χ0) is 9.68. The molecule has 0 spiro atoms. The quantitative estimate of drug-likeness (QED) is 0.759. The predicted octanol–water partition coefficient (Wildman–Crippen LogP) is 1.39. The molecule has 0 saturated heterocycles. The Kier molecular flexibility index (Phi) is 3.30. The second-order valence-electron chi connectivity index (χ2n) is 2.65. The van der Waals surface area contributed by atoms with Crippen molar-refractivity contribution in [2.45, 2.75) is 13.5 Å². The van der Waals surface area contributed by atoms with Gasteiger partial charge in [0.15, 0.2) is 6.61 Å². The molecule has 0 amide bonds. The van der Waals surface area contributed by atoms with Crippen LogP contribution in [0.25, 0.3) is 0 Å². The van der Waals surface area contributed by atoms with E-state index < -0.39 is 0 Å². The van der Waals surface area contributed by atoms with E-state index in [1.807, 2.05) is 19.1 Å². The summed E-state index contributed by atoms with van der Waals surface area (Å²) in [6.45, 7) is 1.89. The van der Waals surface area contributed by atoms with Gasteiger partial charge >= 0.3 is 0 Å². The Bertz CT molecular complexity index is 328. The Morgan fingerprint density at radius 1 is 1.54 bits per heavy atom. The van der Waals surface area contributed by atoms with Gasteiger partial charge in [-0.2, -0.15) is 5.26 Å². The van der Waals surface area contributed by atoms with Crippen LogP contribution in [0.4, 0.5) is 0 Å².